The van der Waals surface area contributed by atoms with Crippen LogP contribution in [0, 0.1) is 17.6 Å². The molecule has 1 heterocycles. The van der Waals surface area contributed by atoms with Gasteiger partial charge in [-0.05, 0) is 36.7 Å². The Bertz CT molecular complexity index is 1020. The quantitative estimate of drug-likeness (QED) is 0.350. The molecule has 0 fully saturated rings. The molecular weight excluding hydrogens is 432 g/mol. The van der Waals surface area contributed by atoms with E-state index in [1.54, 1.807) is 44.2 Å². The number of carbonyl (C=O) groups excluding carboxylic acids is 2. The van der Waals surface area contributed by atoms with E-state index < -0.39 is 21.7 Å². The van der Waals surface area contributed by atoms with E-state index in [0.717, 1.165) is 23.1 Å². The van der Waals surface area contributed by atoms with Crippen LogP contribution in [-0.2, 0) is 25.1 Å². The summed E-state index contributed by atoms with van der Waals surface area (Å²) in [6.45, 7) is 3.56. The van der Waals surface area contributed by atoms with Crippen molar-refractivity contribution in [1.82, 2.24) is 0 Å². The van der Waals surface area contributed by atoms with Gasteiger partial charge >= 0.3 is 5.97 Å². The number of sulfone groups is 1. The number of hydrogen-bond acceptors (Lipinski definition) is 8. The highest BCUT2D eigenvalue weighted by Crippen LogP contribution is 2.40. The van der Waals surface area contributed by atoms with Crippen molar-refractivity contribution in [3.05, 3.63) is 46.3 Å². The van der Waals surface area contributed by atoms with E-state index in [2.05, 4.69) is 5.32 Å². The van der Waals surface area contributed by atoms with Crippen LogP contribution in [0.2, 0.25) is 0 Å². The third-order valence-electron chi connectivity index (χ3n) is 3.82. The Morgan fingerprint density at radius 1 is 1.28 bits per heavy atom. The van der Waals surface area contributed by atoms with E-state index >= 15 is 0 Å². The average Bonchev–Trinajstić information content (AvgIpc) is 2.97. The van der Waals surface area contributed by atoms with Crippen LogP contribution in [0.5, 0.6) is 0 Å². The number of nitriles is 1. The Hall–Kier alpha value is -2.35. The van der Waals surface area contributed by atoms with Crippen LogP contribution in [-0.4, -0.2) is 32.7 Å². The number of anilines is 1. The number of amides is 1. The van der Waals surface area contributed by atoms with Crippen molar-refractivity contribution in [2.45, 2.75) is 30.9 Å². The van der Waals surface area contributed by atoms with Gasteiger partial charge in [0, 0.05) is 6.42 Å². The molecule has 7 nitrogen and oxygen atoms in total. The van der Waals surface area contributed by atoms with Gasteiger partial charge in [-0.1, -0.05) is 30.3 Å². The number of nitrogens with zero attached hydrogens (tertiary/aromatic N) is 1. The standard InChI is InChI=1S/C19H20N2O5S3/c1-3-26-19(23)17-13(2)16(27-12-20)18(28-17)21-15(22)9-10-29(24,25)11-14-7-5-4-6-8-14/h4-8H,3,9-11H2,1-2H3,(H,21,22). The maximum atomic E-state index is 12.3. The van der Waals surface area contributed by atoms with Crippen LogP contribution in [0.3, 0.4) is 0 Å². The number of carbonyl (C=O) groups is 2. The molecule has 2 rings (SSSR count). The highest BCUT2D eigenvalue weighted by molar-refractivity contribution is 8.04. The van der Waals surface area contributed by atoms with E-state index in [1.807, 2.05) is 5.40 Å². The van der Waals surface area contributed by atoms with E-state index in [-0.39, 0.29) is 24.5 Å². The number of nitrogens with one attached hydrogen (secondary N) is 1. The molecule has 0 radical (unpaired) electrons. The predicted octanol–water partition coefficient (Wildman–Crippen LogP) is 3.75. The van der Waals surface area contributed by atoms with Crippen molar-refractivity contribution in [1.29, 1.82) is 5.26 Å². The summed E-state index contributed by atoms with van der Waals surface area (Å²) in [5, 5.41) is 13.9. The smallest absolute Gasteiger partial charge is 0.348 e. The van der Waals surface area contributed by atoms with Crippen molar-refractivity contribution in [2.75, 3.05) is 17.7 Å². The number of hydrogen-bond donors (Lipinski definition) is 1. The summed E-state index contributed by atoms with van der Waals surface area (Å²) in [5.41, 5.74) is 1.21. The monoisotopic (exact) mass is 452 g/mol. The fraction of sp³-hybridized carbons (Fsp3) is 0.316. The maximum Gasteiger partial charge on any atom is 0.348 e. The molecule has 0 bridgehead atoms. The lowest BCUT2D eigenvalue weighted by atomic mass is 10.2. The lowest BCUT2D eigenvalue weighted by molar-refractivity contribution is -0.115. The van der Waals surface area contributed by atoms with Crippen molar-refractivity contribution in [2.24, 2.45) is 0 Å². The first-order valence-corrected chi connectivity index (χ1v) is 12.1. The number of ether oxygens (including phenoxy) is 1. The average molecular weight is 453 g/mol. The number of thiophene rings is 1. The molecule has 154 valence electrons. The van der Waals surface area contributed by atoms with Gasteiger partial charge in [-0.3, -0.25) is 4.79 Å². The maximum absolute atomic E-state index is 12.3. The van der Waals surface area contributed by atoms with Gasteiger partial charge in [0.05, 0.1) is 23.0 Å². The second-order valence-electron chi connectivity index (χ2n) is 6.00. The normalized spacial score (nSPS) is 10.9. The van der Waals surface area contributed by atoms with Gasteiger partial charge in [-0.15, -0.1) is 11.3 Å². The van der Waals surface area contributed by atoms with E-state index in [9.17, 15) is 18.0 Å². The van der Waals surface area contributed by atoms with Crippen LogP contribution in [0.25, 0.3) is 0 Å². The van der Waals surface area contributed by atoms with Gasteiger partial charge in [0.15, 0.2) is 9.84 Å². The van der Waals surface area contributed by atoms with Crippen molar-refractivity contribution >= 4 is 49.8 Å². The zero-order chi connectivity index (χ0) is 21.4. The van der Waals surface area contributed by atoms with E-state index in [1.165, 1.54) is 0 Å². The Labute approximate surface area is 178 Å². The molecule has 1 N–H and O–H groups in total. The third-order valence-corrected chi connectivity index (χ3v) is 7.54. The summed E-state index contributed by atoms with van der Waals surface area (Å²) in [6.07, 6.45) is -0.225. The predicted molar refractivity (Wildman–Crippen MR) is 114 cm³/mol. The van der Waals surface area contributed by atoms with Crippen molar-refractivity contribution in [3.8, 4) is 5.40 Å². The van der Waals surface area contributed by atoms with Gasteiger partial charge in [0.2, 0.25) is 5.91 Å². The fourth-order valence-electron chi connectivity index (χ4n) is 2.48. The molecule has 1 aromatic heterocycles. The molecule has 10 heteroatoms. The molecule has 1 aromatic carbocycles. The third kappa shape index (κ3) is 6.59. The Morgan fingerprint density at radius 2 is 1.97 bits per heavy atom. The molecule has 0 saturated heterocycles. The van der Waals surface area contributed by atoms with Gasteiger partial charge in [-0.25, -0.2) is 13.2 Å². The molecule has 2 aromatic rings. The number of thioether (sulfide) groups is 1. The second kappa shape index (κ2) is 10.4. The van der Waals surface area contributed by atoms with Crippen LogP contribution in [0.15, 0.2) is 35.2 Å². The van der Waals surface area contributed by atoms with Crippen molar-refractivity contribution in [3.63, 3.8) is 0 Å². The van der Waals surface area contributed by atoms with Crippen LogP contribution in [0.1, 0.15) is 34.1 Å². The molecule has 1 amide bonds. The molecule has 0 saturated carbocycles. The Balaban J connectivity index is 2.07. The van der Waals surface area contributed by atoms with E-state index in [4.69, 9.17) is 10.00 Å². The number of thiocyanates is 1. The first-order chi connectivity index (χ1) is 13.8. The summed E-state index contributed by atoms with van der Waals surface area (Å²) in [5.74, 6) is -1.47. The minimum absolute atomic E-state index is 0.137. The minimum Gasteiger partial charge on any atom is -0.462 e. The van der Waals surface area contributed by atoms with Gasteiger partial charge < -0.3 is 10.1 Å². The molecule has 0 unspecified atom stereocenters. The van der Waals surface area contributed by atoms with Crippen LogP contribution >= 0.6 is 23.1 Å². The number of rotatable bonds is 9. The first-order valence-electron chi connectivity index (χ1n) is 8.68. The number of benzene rings is 1. The summed E-state index contributed by atoms with van der Waals surface area (Å²) in [4.78, 5) is 25.1. The first kappa shape index (κ1) is 22.9. The van der Waals surface area contributed by atoms with Gasteiger partial charge in [0.25, 0.3) is 0 Å². The molecule has 0 spiro atoms. The van der Waals surface area contributed by atoms with Crippen LogP contribution < -0.4 is 5.32 Å². The fourth-order valence-corrected chi connectivity index (χ4v) is 5.64. The lowest BCUT2D eigenvalue weighted by Crippen LogP contribution is -2.18. The molecule has 0 atom stereocenters. The SMILES string of the molecule is CCOC(=O)c1sc(NC(=O)CCS(=O)(=O)Cc2ccccc2)c(SC#N)c1C. The van der Waals surface area contributed by atoms with Crippen LogP contribution in [0.4, 0.5) is 5.00 Å². The molecule has 0 aliphatic carbocycles. The van der Waals surface area contributed by atoms with E-state index in [0.29, 0.717) is 25.9 Å². The van der Waals surface area contributed by atoms with Gasteiger partial charge in [0.1, 0.15) is 15.3 Å². The summed E-state index contributed by atoms with van der Waals surface area (Å²) >= 11 is 1.84. The Morgan fingerprint density at radius 3 is 2.59 bits per heavy atom. The Kier molecular flexibility index (Phi) is 8.25. The summed E-state index contributed by atoms with van der Waals surface area (Å²) in [7, 11) is -3.46. The molecule has 0 aliphatic heterocycles. The highest BCUT2D eigenvalue weighted by atomic mass is 32.2. The summed E-state index contributed by atoms with van der Waals surface area (Å²) in [6, 6.07) is 8.75. The minimum atomic E-state index is -3.46. The second-order valence-corrected chi connectivity index (χ2v) is 10.0. The van der Waals surface area contributed by atoms with Gasteiger partial charge in [-0.2, -0.15) is 5.26 Å². The largest absolute Gasteiger partial charge is 0.462 e. The molecular formula is C19H20N2O5S3. The lowest BCUT2D eigenvalue weighted by Gasteiger charge is -2.06. The zero-order valence-electron chi connectivity index (χ0n) is 15.9. The summed E-state index contributed by atoms with van der Waals surface area (Å²) < 4.78 is 29.5. The molecule has 29 heavy (non-hydrogen) atoms. The zero-order valence-corrected chi connectivity index (χ0v) is 18.4. The van der Waals surface area contributed by atoms with Crippen molar-refractivity contribution < 1.29 is 22.7 Å². The number of esters is 1. The molecule has 0 aliphatic rings. The highest BCUT2D eigenvalue weighted by Gasteiger charge is 2.23. The topological polar surface area (TPSA) is 113 Å².